The SMILES string of the molecule is O=c1ccc(-c2c(-c3ccccc3)nn3ccccc23)nn1CCCCc1nnn[nH]1. The Morgan fingerprint density at radius 3 is 2.61 bits per heavy atom. The largest absolute Gasteiger partial charge is 0.268 e. The molecule has 154 valence electrons. The number of aromatic amines is 1. The third-order valence-corrected chi connectivity index (χ3v) is 5.13. The number of pyridine rings is 1. The van der Waals surface area contributed by atoms with Gasteiger partial charge in [0.2, 0.25) is 0 Å². The zero-order chi connectivity index (χ0) is 21.0. The van der Waals surface area contributed by atoms with Crippen LogP contribution in [0.2, 0.25) is 0 Å². The van der Waals surface area contributed by atoms with Crippen LogP contribution in [-0.4, -0.2) is 40.0 Å². The quantitative estimate of drug-likeness (QED) is 0.412. The van der Waals surface area contributed by atoms with E-state index in [0.717, 1.165) is 53.1 Å². The van der Waals surface area contributed by atoms with Crippen LogP contribution >= 0.6 is 0 Å². The number of nitrogens with one attached hydrogen (secondary N) is 1. The maximum atomic E-state index is 12.4. The lowest BCUT2D eigenvalue weighted by Crippen LogP contribution is -2.22. The molecule has 0 atom stereocenters. The van der Waals surface area contributed by atoms with E-state index in [1.807, 2.05) is 59.2 Å². The van der Waals surface area contributed by atoms with Crippen molar-refractivity contribution >= 4 is 5.52 Å². The van der Waals surface area contributed by atoms with Gasteiger partial charge < -0.3 is 0 Å². The number of hydrogen-bond acceptors (Lipinski definition) is 6. The van der Waals surface area contributed by atoms with E-state index in [1.54, 1.807) is 12.1 Å². The molecular formula is C22H20N8O. The van der Waals surface area contributed by atoms with Gasteiger partial charge in [-0.05, 0) is 41.5 Å². The molecule has 9 nitrogen and oxygen atoms in total. The number of nitrogens with zero attached hydrogens (tertiary/aromatic N) is 7. The summed E-state index contributed by atoms with van der Waals surface area (Å²) in [6.45, 7) is 0.522. The van der Waals surface area contributed by atoms with Crippen LogP contribution in [0.15, 0.2) is 71.7 Å². The van der Waals surface area contributed by atoms with Gasteiger partial charge in [0.05, 0.1) is 16.8 Å². The molecule has 0 unspecified atom stereocenters. The van der Waals surface area contributed by atoms with E-state index in [4.69, 9.17) is 5.10 Å². The molecule has 5 rings (SSSR count). The number of tetrazole rings is 1. The Bertz CT molecular complexity index is 1360. The molecular weight excluding hydrogens is 392 g/mol. The molecule has 1 aromatic carbocycles. The molecule has 0 amide bonds. The van der Waals surface area contributed by atoms with Gasteiger partial charge in [-0.3, -0.25) is 4.79 Å². The van der Waals surface area contributed by atoms with E-state index in [-0.39, 0.29) is 5.56 Å². The number of hydrogen-bond donors (Lipinski definition) is 1. The molecule has 0 aliphatic carbocycles. The number of benzene rings is 1. The first-order valence-electron chi connectivity index (χ1n) is 10.1. The van der Waals surface area contributed by atoms with E-state index < -0.39 is 0 Å². The summed E-state index contributed by atoms with van der Waals surface area (Å²) in [6.07, 6.45) is 4.28. The minimum absolute atomic E-state index is 0.122. The lowest BCUT2D eigenvalue weighted by Gasteiger charge is -2.08. The van der Waals surface area contributed by atoms with Crippen LogP contribution < -0.4 is 5.56 Å². The third-order valence-electron chi connectivity index (χ3n) is 5.13. The van der Waals surface area contributed by atoms with E-state index in [9.17, 15) is 4.79 Å². The molecule has 4 aromatic heterocycles. The zero-order valence-corrected chi connectivity index (χ0v) is 16.7. The summed E-state index contributed by atoms with van der Waals surface area (Å²) >= 11 is 0. The first-order valence-corrected chi connectivity index (χ1v) is 10.1. The minimum Gasteiger partial charge on any atom is -0.268 e. The average molecular weight is 412 g/mol. The normalized spacial score (nSPS) is 11.2. The van der Waals surface area contributed by atoms with Crippen molar-refractivity contribution in [2.45, 2.75) is 25.8 Å². The standard InChI is InChI=1S/C22H20N8O/c31-20-13-12-17(25-30(20)15-7-5-11-19-23-27-28-24-19)21-18-10-4-6-14-29(18)26-22(21)16-8-2-1-3-9-16/h1-4,6,8-10,12-14H,5,7,11,15H2,(H,23,24,27,28). The van der Waals surface area contributed by atoms with Crippen molar-refractivity contribution in [3.05, 3.63) is 83.0 Å². The van der Waals surface area contributed by atoms with Crippen LogP contribution in [0.4, 0.5) is 0 Å². The highest BCUT2D eigenvalue weighted by Gasteiger charge is 2.18. The molecule has 0 bridgehead atoms. The molecule has 0 aliphatic heterocycles. The summed E-state index contributed by atoms with van der Waals surface area (Å²) in [6, 6.07) is 19.3. The second kappa shape index (κ2) is 8.31. The Hall–Kier alpha value is -4.14. The minimum atomic E-state index is -0.122. The number of aromatic nitrogens is 8. The van der Waals surface area contributed by atoms with E-state index in [0.29, 0.717) is 6.54 Å². The lowest BCUT2D eigenvalue weighted by atomic mass is 10.0. The third kappa shape index (κ3) is 3.85. The number of fused-ring (bicyclic) bond motifs is 1. The summed E-state index contributed by atoms with van der Waals surface area (Å²) in [5.74, 6) is 0.743. The van der Waals surface area contributed by atoms with Gasteiger partial charge in [-0.1, -0.05) is 36.4 Å². The molecule has 0 aliphatic rings. The van der Waals surface area contributed by atoms with Gasteiger partial charge >= 0.3 is 0 Å². The second-order valence-corrected chi connectivity index (χ2v) is 7.21. The number of aryl methyl sites for hydroxylation is 2. The smallest absolute Gasteiger partial charge is 0.266 e. The van der Waals surface area contributed by atoms with Gasteiger partial charge in [0.15, 0.2) is 0 Å². The highest BCUT2D eigenvalue weighted by molar-refractivity contribution is 5.90. The first-order chi connectivity index (χ1) is 15.3. The van der Waals surface area contributed by atoms with E-state index in [1.165, 1.54) is 4.68 Å². The van der Waals surface area contributed by atoms with Gasteiger partial charge in [-0.15, -0.1) is 5.10 Å². The van der Waals surface area contributed by atoms with Crippen LogP contribution in [0.5, 0.6) is 0 Å². The molecule has 0 saturated carbocycles. The van der Waals surface area contributed by atoms with Crippen molar-refractivity contribution in [1.82, 2.24) is 40.0 Å². The predicted octanol–water partition coefficient (Wildman–Crippen LogP) is 2.76. The predicted molar refractivity (Wildman–Crippen MR) is 115 cm³/mol. The van der Waals surface area contributed by atoms with Gasteiger partial charge in [0.1, 0.15) is 11.5 Å². The highest BCUT2D eigenvalue weighted by Crippen LogP contribution is 2.33. The van der Waals surface area contributed by atoms with Gasteiger partial charge in [0.25, 0.3) is 5.56 Å². The maximum Gasteiger partial charge on any atom is 0.266 e. The van der Waals surface area contributed by atoms with E-state index >= 15 is 0 Å². The number of H-pyrrole nitrogens is 1. The van der Waals surface area contributed by atoms with Crippen LogP contribution in [0.1, 0.15) is 18.7 Å². The Morgan fingerprint density at radius 1 is 0.903 bits per heavy atom. The summed E-state index contributed by atoms with van der Waals surface area (Å²) < 4.78 is 3.37. The topological polar surface area (TPSA) is 107 Å². The van der Waals surface area contributed by atoms with Crippen molar-refractivity contribution in [2.75, 3.05) is 0 Å². The number of unbranched alkanes of at least 4 members (excludes halogenated alkanes) is 1. The van der Waals surface area contributed by atoms with Crippen molar-refractivity contribution in [3.8, 4) is 22.5 Å². The van der Waals surface area contributed by atoms with Crippen LogP contribution in [0, 0.1) is 0 Å². The average Bonchev–Trinajstić information content (AvgIpc) is 3.46. The maximum absolute atomic E-state index is 12.4. The zero-order valence-electron chi connectivity index (χ0n) is 16.7. The number of rotatable bonds is 7. The van der Waals surface area contributed by atoms with Crippen molar-refractivity contribution in [2.24, 2.45) is 0 Å². The molecule has 0 radical (unpaired) electrons. The molecule has 9 heteroatoms. The molecule has 5 aromatic rings. The molecule has 4 heterocycles. The Labute approximate surface area is 177 Å². The fourth-order valence-electron chi connectivity index (χ4n) is 3.63. The Kier molecular flexibility index (Phi) is 5.05. The summed E-state index contributed by atoms with van der Waals surface area (Å²) in [5, 5.41) is 23.3. The van der Waals surface area contributed by atoms with Crippen molar-refractivity contribution in [1.29, 1.82) is 0 Å². The van der Waals surface area contributed by atoms with Gasteiger partial charge in [0, 0.05) is 30.8 Å². The molecule has 31 heavy (non-hydrogen) atoms. The summed E-state index contributed by atoms with van der Waals surface area (Å²) in [4.78, 5) is 12.4. The van der Waals surface area contributed by atoms with Gasteiger partial charge in [-0.25, -0.2) is 14.3 Å². The molecule has 0 spiro atoms. The summed E-state index contributed by atoms with van der Waals surface area (Å²) in [5.41, 5.74) is 4.29. The molecule has 0 fully saturated rings. The Morgan fingerprint density at radius 2 is 1.77 bits per heavy atom. The van der Waals surface area contributed by atoms with Crippen molar-refractivity contribution < 1.29 is 0 Å². The van der Waals surface area contributed by atoms with E-state index in [2.05, 4.69) is 25.7 Å². The van der Waals surface area contributed by atoms with Crippen LogP contribution in [-0.2, 0) is 13.0 Å². The molecule has 0 saturated heterocycles. The second-order valence-electron chi connectivity index (χ2n) is 7.21. The molecule has 1 N–H and O–H groups in total. The fourth-order valence-corrected chi connectivity index (χ4v) is 3.63. The van der Waals surface area contributed by atoms with Crippen LogP contribution in [0.25, 0.3) is 28.0 Å². The van der Waals surface area contributed by atoms with Crippen molar-refractivity contribution in [3.63, 3.8) is 0 Å². The summed E-state index contributed by atoms with van der Waals surface area (Å²) in [7, 11) is 0. The highest BCUT2D eigenvalue weighted by atomic mass is 16.1. The first kappa shape index (κ1) is 18.9. The van der Waals surface area contributed by atoms with Gasteiger partial charge in [-0.2, -0.15) is 10.2 Å². The monoisotopic (exact) mass is 412 g/mol. The fraction of sp³-hybridized carbons (Fsp3) is 0.182. The lowest BCUT2D eigenvalue weighted by molar-refractivity contribution is 0.530. The Balaban J connectivity index is 1.49. The van der Waals surface area contributed by atoms with Crippen LogP contribution in [0.3, 0.4) is 0 Å².